The van der Waals surface area contributed by atoms with Crippen LogP contribution in [0.25, 0.3) is 0 Å². The van der Waals surface area contributed by atoms with E-state index in [0.29, 0.717) is 18.6 Å². The Morgan fingerprint density at radius 1 is 1.16 bits per heavy atom. The molecule has 2 aliphatic carbocycles. The molecule has 200 valence electrons. The summed E-state index contributed by atoms with van der Waals surface area (Å²) in [6.45, 7) is 5.27. The zero-order chi connectivity index (χ0) is 26.7. The van der Waals surface area contributed by atoms with E-state index in [1.165, 1.54) is 6.08 Å². The number of fused-ring (bicyclic) bond motifs is 3. The van der Waals surface area contributed by atoms with Gasteiger partial charge in [-0.15, -0.1) is 0 Å². The molecule has 10 nitrogen and oxygen atoms in total. The summed E-state index contributed by atoms with van der Waals surface area (Å²) in [4.78, 5) is 51.5. The van der Waals surface area contributed by atoms with Crippen molar-refractivity contribution in [2.75, 3.05) is 20.3 Å². The van der Waals surface area contributed by atoms with Crippen molar-refractivity contribution in [1.29, 1.82) is 0 Å². The molecule has 0 spiro atoms. The monoisotopic (exact) mass is 515 g/mol. The second-order valence-corrected chi connectivity index (χ2v) is 9.77. The standard InChI is InChI=1S/C27H33NO9/c1-5-34-25(30)22-17-12-16-15(8-6-9-19(16)33-4)24-18(17)13-20(22)36-21(29)10-7-11-35-27(32)28-23(14(2)3)26(31)37-24/h6-10,14,17-18,20,22-24H,5,11-13H2,1-4H3,(H,28,32)/b10-7-/t17-,18+,20+,22+,23+,24+/m1/s1. The smallest absolute Gasteiger partial charge is 0.408 e. The Bertz CT molecular complexity index is 1080. The average Bonchev–Trinajstić information content (AvgIpc) is 3.21. The summed E-state index contributed by atoms with van der Waals surface area (Å²) in [5.41, 5.74) is 1.58. The minimum absolute atomic E-state index is 0.179. The zero-order valence-electron chi connectivity index (χ0n) is 21.4. The zero-order valence-corrected chi connectivity index (χ0v) is 21.4. The van der Waals surface area contributed by atoms with Gasteiger partial charge in [-0.25, -0.2) is 14.4 Å². The molecule has 0 unspecified atom stereocenters. The van der Waals surface area contributed by atoms with Crippen LogP contribution in [-0.2, 0) is 39.8 Å². The van der Waals surface area contributed by atoms with E-state index in [4.69, 9.17) is 23.7 Å². The topological polar surface area (TPSA) is 126 Å². The summed E-state index contributed by atoms with van der Waals surface area (Å²) in [6.07, 6.45) is 0.928. The maximum atomic E-state index is 13.4. The minimum Gasteiger partial charge on any atom is -0.496 e. The Balaban J connectivity index is 1.81. The van der Waals surface area contributed by atoms with E-state index in [2.05, 4.69) is 5.32 Å². The van der Waals surface area contributed by atoms with Crippen molar-refractivity contribution in [3.8, 4) is 5.75 Å². The molecule has 2 bridgehead atoms. The highest BCUT2D eigenvalue weighted by atomic mass is 16.6. The predicted octanol–water partition coefficient (Wildman–Crippen LogP) is 2.88. The lowest BCUT2D eigenvalue weighted by atomic mass is 9.72. The highest BCUT2D eigenvalue weighted by molar-refractivity contribution is 5.84. The number of carbonyl (C=O) groups is 4. The second kappa shape index (κ2) is 11.2. The molecule has 1 saturated carbocycles. The summed E-state index contributed by atoms with van der Waals surface area (Å²) in [5.74, 6) is -2.83. The highest BCUT2D eigenvalue weighted by Crippen LogP contribution is 2.54. The van der Waals surface area contributed by atoms with Gasteiger partial charge in [0.1, 0.15) is 30.6 Å². The number of cyclic esters (lactones) is 1. The lowest BCUT2D eigenvalue weighted by Gasteiger charge is -2.37. The van der Waals surface area contributed by atoms with Gasteiger partial charge >= 0.3 is 24.0 Å². The Kier molecular flexibility index (Phi) is 8.04. The van der Waals surface area contributed by atoms with Crippen molar-refractivity contribution < 1.29 is 42.9 Å². The van der Waals surface area contributed by atoms with Crippen molar-refractivity contribution in [3.63, 3.8) is 0 Å². The molecule has 0 saturated heterocycles. The normalized spacial score (nSPS) is 30.5. The van der Waals surface area contributed by atoms with Crippen LogP contribution >= 0.6 is 0 Å². The van der Waals surface area contributed by atoms with Gasteiger partial charge in [-0.05, 0) is 49.3 Å². The number of amides is 1. The van der Waals surface area contributed by atoms with Crippen LogP contribution in [0.2, 0.25) is 0 Å². The number of rotatable bonds is 4. The Hall–Kier alpha value is -3.56. The molecular formula is C27H33NO9. The molecule has 1 aliphatic heterocycles. The molecule has 4 rings (SSSR count). The van der Waals surface area contributed by atoms with Crippen molar-refractivity contribution in [2.24, 2.45) is 23.7 Å². The quantitative estimate of drug-likeness (QED) is 0.476. The van der Waals surface area contributed by atoms with Crippen molar-refractivity contribution in [2.45, 2.75) is 51.9 Å². The third-order valence-electron chi connectivity index (χ3n) is 7.27. The van der Waals surface area contributed by atoms with Gasteiger partial charge in [0.25, 0.3) is 0 Å². The first-order valence-corrected chi connectivity index (χ1v) is 12.6. The highest BCUT2D eigenvalue weighted by Gasteiger charge is 2.56. The van der Waals surface area contributed by atoms with E-state index >= 15 is 0 Å². The minimum atomic E-state index is -0.966. The number of methoxy groups -OCH3 is 1. The second-order valence-electron chi connectivity index (χ2n) is 9.77. The Labute approximate surface area is 215 Å². The Morgan fingerprint density at radius 2 is 1.95 bits per heavy atom. The lowest BCUT2D eigenvalue weighted by Crippen LogP contribution is -2.47. The van der Waals surface area contributed by atoms with E-state index in [-0.39, 0.29) is 31.0 Å². The number of hydrogen-bond donors (Lipinski definition) is 1. The van der Waals surface area contributed by atoms with E-state index < -0.39 is 48.2 Å². The number of ether oxygens (including phenoxy) is 5. The van der Waals surface area contributed by atoms with Crippen LogP contribution in [0.15, 0.2) is 30.4 Å². The fourth-order valence-electron chi connectivity index (χ4n) is 5.64. The largest absolute Gasteiger partial charge is 0.496 e. The van der Waals surface area contributed by atoms with Gasteiger partial charge in [0, 0.05) is 17.6 Å². The maximum Gasteiger partial charge on any atom is 0.408 e. The fraction of sp³-hybridized carbons (Fsp3) is 0.556. The molecule has 1 N–H and O–H groups in total. The van der Waals surface area contributed by atoms with Gasteiger partial charge in [-0.1, -0.05) is 26.0 Å². The first-order chi connectivity index (χ1) is 17.7. The number of hydrogen-bond acceptors (Lipinski definition) is 9. The van der Waals surface area contributed by atoms with Gasteiger partial charge in [0.15, 0.2) is 0 Å². The molecular weight excluding hydrogens is 482 g/mol. The fourth-order valence-corrected chi connectivity index (χ4v) is 5.64. The molecule has 1 heterocycles. The number of esters is 3. The van der Waals surface area contributed by atoms with E-state index in [1.54, 1.807) is 27.9 Å². The first-order valence-electron chi connectivity index (χ1n) is 12.6. The number of alkyl carbamates (subject to hydrolysis) is 1. The van der Waals surface area contributed by atoms with Crippen LogP contribution in [0, 0.1) is 23.7 Å². The van der Waals surface area contributed by atoms with Crippen LogP contribution < -0.4 is 10.1 Å². The summed E-state index contributed by atoms with van der Waals surface area (Å²) >= 11 is 0. The average molecular weight is 516 g/mol. The van der Waals surface area contributed by atoms with Gasteiger partial charge < -0.3 is 29.0 Å². The van der Waals surface area contributed by atoms with Crippen molar-refractivity contribution in [1.82, 2.24) is 5.32 Å². The third-order valence-corrected chi connectivity index (χ3v) is 7.27. The predicted molar refractivity (Wildman–Crippen MR) is 129 cm³/mol. The summed E-state index contributed by atoms with van der Waals surface area (Å²) < 4.78 is 27.9. The van der Waals surface area contributed by atoms with E-state index in [0.717, 1.165) is 17.2 Å². The third kappa shape index (κ3) is 5.42. The molecule has 1 amide bonds. The van der Waals surface area contributed by atoms with Crippen LogP contribution in [0.3, 0.4) is 0 Å². The Morgan fingerprint density at radius 3 is 2.65 bits per heavy atom. The molecule has 1 fully saturated rings. The number of carbonyl (C=O) groups excluding carboxylic acids is 4. The molecule has 0 radical (unpaired) electrons. The maximum absolute atomic E-state index is 13.4. The molecule has 10 heteroatoms. The van der Waals surface area contributed by atoms with E-state index in [9.17, 15) is 19.2 Å². The van der Waals surface area contributed by atoms with E-state index in [1.807, 2.05) is 18.2 Å². The van der Waals surface area contributed by atoms with Crippen molar-refractivity contribution >= 4 is 24.0 Å². The van der Waals surface area contributed by atoms with Gasteiger partial charge in [-0.3, -0.25) is 4.79 Å². The summed E-state index contributed by atoms with van der Waals surface area (Å²) in [7, 11) is 1.56. The first kappa shape index (κ1) is 26.5. The number of benzene rings is 1. The van der Waals surface area contributed by atoms with Crippen LogP contribution in [0.4, 0.5) is 4.79 Å². The van der Waals surface area contributed by atoms with Crippen LogP contribution in [-0.4, -0.2) is 56.5 Å². The molecule has 0 aromatic heterocycles. The van der Waals surface area contributed by atoms with Crippen molar-refractivity contribution in [3.05, 3.63) is 41.5 Å². The van der Waals surface area contributed by atoms with Gasteiger partial charge in [0.2, 0.25) is 0 Å². The summed E-state index contributed by atoms with van der Waals surface area (Å²) in [6, 6.07) is 4.53. The van der Waals surface area contributed by atoms with Crippen LogP contribution in [0.1, 0.15) is 44.4 Å². The molecule has 6 atom stereocenters. The molecule has 1 aromatic carbocycles. The molecule has 1 aromatic rings. The molecule has 3 aliphatic rings. The molecule has 37 heavy (non-hydrogen) atoms. The van der Waals surface area contributed by atoms with Gasteiger partial charge in [-0.2, -0.15) is 0 Å². The SMILES string of the molecule is CCOC(=O)[C@H]1[C@@H]2Cc3c(OC)cccc3[C@@H]3OC(=O)[C@H](C(C)C)NC(=O)OC/C=C\C(=O)O[C@H]1C[C@@H]23. The summed E-state index contributed by atoms with van der Waals surface area (Å²) in [5, 5.41) is 2.57. The van der Waals surface area contributed by atoms with Gasteiger partial charge in [0.05, 0.1) is 19.6 Å². The lowest BCUT2D eigenvalue weighted by molar-refractivity contribution is -0.159. The van der Waals surface area contributed by atoms with Crippen LogP contribution in [0.5, 0.6) is 5.75 Å². The number of nitrogens with one attached hydrogen (secondary N) is 1.